The molecule has 0 aliphatic carbocycles. The van der Waals surface area contributed by atoms with Gasteiger partial charge >= 0.3 is 6.36 Å². The summed E-state index contributed by atoms with van der Waals surface area (Å²) in [6, 6.07) is 5.50. The van der Waals surface area contributed by atoms with Crippen LogP contribution in [-0.4, -0.2) is 23.1 Å². The van der Waals surface area contributed by atoms with Crippen LogP contribution in [0.3, 0.4) is 0 Å². The summed E-state index contributed by atoms with van der Waals surface area (Å²) in [4.78, 5) is 12.1. The van der Waals surface area contributed by atoms with Crippen LogP contribution in [-0.2, 0) is 0 Å². The zero-order valence-electron chi connectivity index (χ0n) is 9.37. The minimum atomic E-state index is -4.78. The van der Waals surface area contributed by atoms with E-state index in [-0.39, 0.29) is 16.6 Å². The van der Waals surface area contributed by atoms with E-state index in [0.29, 0.717) is 6.42 Å². The maximum atomic E-state index is 12.2. The van der Waals surface area contributed by atoms with Crippen LogP contribution in [0.4, 0.5) is 13.2 Å². The molecule has 1 aromatic carbocycles. The number of thioether (sulfide) groups is 1. The number of para-hydroxylation sites is 1. The van der Waals surface area contributed by atoms with Crippen molar-refractivity contribution in [2.75, 3.05) is 5.75 Å². The Bertz CT molecular complexity index is 439. The number of hydrogen-bond acceptors (Lipinski definition) is 3. The summed E-state index contributed by atoms with van der Waals surface area (Å²) in [5, 5.41) is -0.247. The first-order chi connectivity index (χ1) is 8.47. The highest BCUT2D eigenvalue weighted by Crippen LogP contribution is 2.33. The molecular formula is C12H11F3O2S. The fraction of sp³-hybridized carbons (Fsp3) is 0.417. The van der Waals surface area contributed by atoms with Crippen LogP contribution in [0, 0.1) is 0 Å². The third-order valence-corrected chi connectivity index (χ3v) is 3.98. The first-order valence-electron chi connectivity index (χ1n) is 5.48. The number of ether oxygens (including phenoxy) is 1. The van der Waals surface area contributed by atoms with E-state index >= 15 is 0 Å². The molecule has 0 spiro atoms. The molecule has 0 bridgehead atoms. The Hall–Kier alpha value is -1.17. The number of hydrogen-bond donors (Lipinski definition) is 0. The second-order valence-corrected chi connectivity index (χ2v) is 5.22. The molecular weight excluding hydrogens is 265 g/mol. The summed E-state index contributed by atoms with van der Waals surface area (Å²) in [6.45, 7) is 0. The molecule has 0 radical (unpaired) electrons. The van der Waals surface area contributed by atoms with E-state index < -0.39 is 12.1 Å². The molecule has 2 nitrogen and oxygen atoms in total. The zero-order chi connectivity index (χ0) is 13.2. The molecule has 1 aromatic rings. The van der Waals surface area contributed by atoms with E-state index in [2.05, 4.69) is 4.74 Å². The summed E-state index contributed by atoms with van der Waals surface area (Å²) in [5.41, 5.74) is 0.00854. The normalized spacial score (nSPS) is 19.8. The van der Waals surface area contributed by atoms with Crippen LogP contribution in [0.25, 0.3) is 0 Å². The summed E-state index contributed by atoms with van der Waals surface area (Å²) < 4.78 is 40.6. The molecule has 0 N–H and O–H groups in total. The summed E-state index contributed by atoms with van der Waals surface area (Å²) in [7, 11) is 0. The average molecular weight is 276 g/mol. The van der Waals surface area contributed by atoms with E-state index in [9.17, 15) is 18.0 Å². The van der Waals surface area contributed by atoms with Crippen molar-refractivity contribution in [3.8, 4) is 5.75 Å². The number of benzene rings is 1. The lowest BCUT2D eigenvalue weighted by Crippen LogP contribution is -2.21. The number of rotatable bonds is 3. The Morgan fingerprint density at radius 3 is 2.67 bits per heavy atom. The molecule has 0 aromatic heterocycles. The smallest absolute Gasteiger partial charge is 0.405 e. The predicted octanol–water partition coefficient (Wildman–Crippen LogP) is 3.66. The van der Waals surface area contributed by atoms with Crippen molar-refractivity contribution >= 4 is 17.5 Å². The van der Waals surface area contributed by atoms with Crippen molar-refractivity contribution in [3.63, 3.8) is 0 Å². The maximum absolute atomic E-state index is 12.2. The van der Waals surface area contributed by atoms with Crippen LogP contribution in [0.1, 0.15) is 23.2 Å². The molecule has 0 saturated carbocycles. The topological polar surface area (TPSA) is 26.3 Å². The van der Waals surface area contributed by atoms with E-state index in [1.807, 2.05) is 0 Å². The molecule has 1 aliphatic heterocycles. The minimum absolute atomic E-state index is 0.00854. The first-order valence-corrected chi connectivity index (χ1v) is 6.53. The maximum Gasteiger partial charge on any atom is 0.573 e. The number of halogens is 3. The summed E-state index contributed by atoms with van der Waals surface area (Å²) in [6.07, 6.45) is -3.15. The minimum Gasteiger partial charge on any atom is -0.405 e. The number of Topliss-reactive ketones (excluding diaryl/α,β-unsaturated/α-hetero) is 1. The highest BCUT2D eigenvalue weighted by Gasteiger charge is 2.34. The lowest BCUT2D eigenvalue weighted by molar-refractivity contribution is -0.274. The van der Waals surface area contributed by atoms with Gasteiger partial charge in [-0.3, -0.25) is 4.79 Å². The van der Waals surface area contributed by atoms with E-state index in [1.165, 1.54) is 36.0 Å². The monoisotopic (exact) mass is 276 g/mol. The van der Waals surface area contributed by atoms with Gasteiger partial charge in [-0.25, -0.2) is 0 Å². The molecule has 1 atom stereocenters. The lowest BCUT2D eigenvalue weighted by Gasteiger charge is -2.14. The van der Waals surface area contributed by atoms with Gasteiger partial charge in [0.2, 0.25) is 0 Å². The highest BCUT2D eigenvalue weighted by atomic mass is 32.2. The SMILES string of the molecule is O=C(c1ccccc1OC(F)(F)F)C1CCCS1. The van der Waals surface area contributed by atoms with Crippen molar-refractivity contribution in [1.82, 2.24) is 0 Å². The Kier molecular flexibility index (Phi) is 3.85. The fourth-order valence-electron chi connectivity index (χ4n) is 1.84. The summed E-state index contributed by atoms with van der Waals surface area (Å²) in [5.74, 6) is 0.179. The van der Waals surface area contributed by atoms with E-state index in [1.54, 1.807) is 0 Å². The van der Waals surface area contributed by atoms with Gasteiger partial charge in [0, 0.05) is 0 Å². The lowest BCUT2D eigenvalue weighted by atomic mass is 10.0. The molecule has 18 heavy (non-hydrogen) atoms. The molecule has 1 heterocycles. The third-order valence-electron chi connectivity index (χ3n) is 2.60. The van der Waals surface area contributed by atoms with Crippen molar-refractivity contribution in [2.24, 2.45) is 0 Å². The zero-order valence-corrected chi connectivity index (χ0v) is 10.2. The van der Waals surface area contributed by atoms with Crippen molar-refractivity contribution < 1.29 is 22.7 Å². The van der Waals surface area contributed by atoms with Gasteiger partial charge in [0.15, 0.2) is 5.78 Å². The standard InChI is InChI=1S/C12H11F3O2S/c13-12(14,15)17-9-5-2-1-4-8(9)11(16)10-6-3-7-18-10/h1-2,4-5,10H,3,6-7H2. The molecule has 98 valence electrons. The number of carbonyl (C=O) groups is 1. The predicted molar refractivity (Wildman–Crippen MR) is 62.9 cm³/mol. The molecule has 2 rings (SSSR count). The van der Waals surface area contributed by atoms with E-state index in [4.69, 9.17) is 0 Å². The Morgan fingerprint density at radius 2 is 2.06 bits per heavy atom. The van der Waals surface area contributed by atoms with Crippen LogP contribution in [0.2, 0.25) is 0 Å². The fourth-order valence-corrected chi connectivity index (χ4v) is 3.07. The van der Waals surface area contributed by atoms with Gasteiger partial charge in [-0.05, 0) is 30.7 Å². The van der Waals surface area contributed by atoms with Crippen LogP contribution in [0.15, 0.2) is 24.3 Å². The van der Waals surface area contributed by atoms with Gasteiger partial charge in [0.05, 0.1) is 10.8 Å². The van der Waals surface area contributed by atoms with E-state index in [0.717, 1.165) is 12.2 Å². The Labute approximate surface area is 107 Å². The summed E-state index contributed by atoms with van der Waals surface area (Å²) >= 11 is 1.49. The van der Waals surface area contributed by atoms with Gasteiger partial charge in [-0.15, -0.1) is 13.2 Å². The van der Waals surface area contributed by atoms with Crippen molar-refractivity contribution in [3.05, 3.63) is 29.8 Å². The van der Waals surface area contributed by atoms with Gasteiger partial charge in [-0.1, -0.05) is 12.1 Å². The van der Waals surface area contributed by atoms with Crippen molar-refractivity contribution in [1.29, 1.82) is 0 Å². The molecule has 6 heteroatoms. The van der Waals surface area contributed by atoms with Crippen LogP contribution < -0.4 is 4.74 Å². The highest BCUT2D eigenvalue weighted by molar-refractivity contribution is 8.00. The van der Waals surface area contributed by atoms with Gasteiger partial charge in [0.25, 0.3) is 0 Å². The number of alkyl halides is 3. The molecule has 1 aliphatic rings. The molecule has 1 unspecified atom stereocenters. The second kappa shape index (κ2) is 5.22. The number of carbonyl (C=O) groups excluding carboxylic acids is 1. The van der Waals surface area contributed by atoms with Gasteiger partial charge in [0.1, 0.15) is 5.75 Å². The molecule has 1 fully saturated rings. The van der Waals surface area contributed by atoms with Crippen LogP contribution >= 0.6 is 11.8 Å². The molecule has 1 saturated heterocycles. The second-order valence-electron chi connectivity index (χ2n) is 3.91. The Balaban J connectivity index is 2.23. The average Bonchev–Trinajstić information content (AvgIpc) is 2.80. The Morgan fingerprint density at radius 1 is 1.33 bits per heavy atom. The van der Waals surface area contributed by atoms with Gasteiger partial charge < -0.3 is 4.74 Å². The van der Waals surface area contributed by atoms with Gasteiger partial charge in [-0.2, -0.15) is 11.8 Å². The first kappa shape index (κ1) is 13.3. The van der Waals surface area contributed by atoms with Crippen molar-refractivity contribution in [2.45, 2.75) is 24.5 Å². The largest absolute Gasteiger partial charge is 0.573 e. The number of ketones is 1. The van der Waals surface area contributed by atoms with Crippen LogP contribution in [0.5, 0.6) is 5.75 Å². The molecule has 0 amide bonds. The quantitative estimate of drug-likeness (QED) is 0.788. The third kappa shape index (κ3) is 3.19.